The Morgan fingerprint density at radius 1 is 1.03 bits per heavy atom. The molecule has 3 aromatic heterocycles. The number of nitrogens with zero attached hydrogens (tertiary/aromatic N) is 6. The molecular formula is C54H71N9O6S. The van der Waals surface area contributed by atoms with Crippen LogP contribution in [0.25, 0.3) is 33.4 Å². The second-order valence-electron chi connectivity index (χ2n) is 22.5. The maximum atomic E-state index is 15.1. The number of ether oxygens (including phenoxy) is 2. The number of aryl methyl sites for hydroxylation is 1. The number of methoxy groups -OCH3 is 1. The number of nitrogens with one attached hydrogen (secondary N) is 3. The molecule has 4 aromatic rings. The highest BCUT2D eigenvalue weighted by atomic mass is 32.1. The minimum Gasteiger partial charge on any atom is -0.464 e. The number of aromatic nitrogens is 3. The van der Waals surface area contributed by atoms with Gasteiger partial charge in [0.25, 0.3) is 5.91 Å². The molecule has 7 atom stereocenters. The molecule has 1 spiro atoms. The van der Waals surface area contributed by atoms with Crippen molar-refractivity contribution in [2.75, 3.05) is 46.4 Å². The first kappa shape index (κ1) is 47.6. The lowest BCUT2D eigenvalue weighted by atomic mass is 9.84. The number of amides is 3. The molecule has 16 heteroatoms. The van der Waals surface area contributed by atoms with Crippen LogP contribution in [0, 0.1) is 22.7 Å². The van der Waals surface area contributed by atoms with Gasteiger partial charge in [-0.25, -0.2) is 10.4 Å². The molecule has 2 unspecified atom stereocenters. The van der Waals surface area contributed by atoms with E-state index in [1.165, 1.54) is 29.2 Å². The number of esters is 1. The summed E-state index contributed by atoms with van der Waals surface area (Å²) in [5.74, 6) is 0.289. The predicted octanol–water partition coefficient (Wildman–Crippen LogP) is 6.44. The molecule has 2 saturated carbocycles. The third-order valence-corrected chi connectivity index (χ3v) is 17.8. The summed E-state index contributed by atoms with van der Waals surface area (Å²) >= 11 is 1.50. The predicted molar refractivity (Wildman–Crippen MR) is 268 cm³/mol. The molecule has 7 aliphatic rings. The molecule has 0 radical (unpaired) electrons. The van der Waals surface area contributed by atoms with Crippen LogP contribution in [0.4, 0.5) is 0 Å². The number of likely N-dealkylation sites (tertiary alicyclic amines) is 2. The van der Waals surface area contributed by atoms with Crippen molar-refractivity contribution in [3.63, 3.8) is 0 Å². The molecule has 15 nitrogen and oxygen atoms in total. The quantitative estimate of drug-likeness (QED) is 0.118. The molecular weight excluding hydrogens is 903 g/mol. The van der Waals surface area contributed by atoms with Crippen molar-refractivity contribution >= 4 is 45.9 Å². The van der Waals surface area contributed by atoms with Gasteiger partial charge in [0.1, 0.15) is 18.1 Å². The smallest absolute Gasteiger partial charge is 0.324 e. The normalized spacial score (nSPS) is 28.3. The zero-order valence-electron chi connectivity index (χ0n) is 41.6. The topological polar surface area (TPSA) is 173 Å². The molecule has 3 amide bonds. The Hall–Kier alpha value is -4.74. The Morgan fingerprint density at radius 2 is 1.84 bits per heavy atom. The van der Waals surface area contributed by atoms with Crippen molar-refractivity contribution in [2.45, 2.75) is 148 Å². The van der Waals surface area contributed by atoms with Crippen LogP contribution in [-0.4, -0.2) is 130 Å². The summed E-state index contributed by atoms with van der Waals surface area (Å²) in [7, 11) is 1.71. The van der Waals surface area contributed by atoms with E-state index in [0.29, 0.717) is 37.8 Å². The summed E-state index contributed by atoms with van der Waals surface area (Å²) in [6.07, 6.45) is 12.0. The first-order valence-corrected chi connectivity index (χ1v) is 27.1. The highest BCUT2D eigenvalue weighted by Crippen LogP contribution is 2.46. The van der Waals surface area contributed by atoms with Crippen molar-refractivity contribution in [1.29, 1.82) is 0 Å². The van der Waals surface area contributed by atoms with E-state index in [1.807, 2.05) is 19.2 Å². The standard InChI is InChI=1S/C54H71N9O6S/c1-6-62-42-18-17-35-25-37(42)38(48(62)36-13-9-21-55-44(36)32(2)68-5)27-53(3,4)31-69-52(67)39-14-10-22-63(59-39)50(65)40(26-43-56-41(35)28-70-43)57-49(64)47(34-11-7-8-12-34)60-23-19-54(29-60)20-24-61(30-54)51(66)46-45(58-46)33-15-16-33/h9,13,17-18,21,25,28,32-34,39-40,45-47,58-59H,6-8,10-12,14-16,19-20,22-24,26-27,29-31H2,1-5H3,(H,57,64)/t32-,39-,40-,45?,46+,47?,54-/m0/s1. The third kappa shape index (κ3) is 9.20. The molecule has 6 fully saturated rings. The minimum absolute atomic E-state index is 0.0237. The summed E-state index contributed by atoms with van der Waals surface area (Å²) < 4.78 is 14.4. The average molecular weight is 974 g/mol. The monoisotopic (exact) mass is 974 g/mol. The van der Waals surface area contributed by atoms with Crippen molar-refractivity contribution in [1.82, 2.24) is 45.4 Å². The van der Waals surface area contributed by atoms with Crippen LogP contribution in [0.2, 0.25) is 0 Å². The Morgan fingerprint density at radius 3 is 2.63 bits per heavy atom. The van der Waals surface area contributed by atoms with E-state index in [4.69, 9.17) is 19.4 Å². The number of fused-ring (bicyclic) bond motifs is 6. The molecule has 374 valence electrons. The lowest BCUT2D eigenvalue weighted by molar-refractivity contribution is -0.155. The number of pyridine rings is 1. The van der Waals surface area contributed by atoms with Crippen molar-refractivity contribution < 1.29 is 28.7 Å². The molecule has 2 aliphatic carbocycles. The summed E-state index contributed by atoms with van der Waals surface area (Å²) in [6, 6.07) is 8.94. The first-order valence-electron chi connectivity index (χ1n) is 26.2. The van der Waals surface area contributed by atoms with Crippen LogP contribution in [0.15, 0.2) is 41.9 Å². The van der Waals surface area contributed by atoms with Gasteiger partial charge in [0.15, 0.2) is 0 Å². The van der Waals surface area contributed by atoms with Gasteiger partial charge in [-0.05, 0) is 120 Å². The summed E-state index contributed by atoms with van der Waals surface area (Å²) in [6.45, 7) is 12.8. The van der Waals surface area contributed by atoms with Gasteiger partial charge in [-0.15, -0.1) is 11.3 Å². The summed E-state index contributed by atoms with van der Waals surface area (Å²) in [4.78, 5) is 72.2. The summed E-state index contributed by atoms with van der Waals surface area (Å²) in [5.41, 5.74) is 9.68. The number of thiazole rings is 1. The van der Waals surface area contributed by atoms with E-state index in [0.717, 1.165) is 121 Å². The van der Waals surface area contributed by atoms with Gasteiger partial charge in [0.05, 0.1) is 40.8 Å². The van der Waals surface area contributed by atoms with E-state index in [2.05, 4.69) is 80.8 Å². The number of hydrogen-bond donors (Lipinski definition) is 3. The van der Waals surface area contributed by atoms with Gasteiger partial charge in [0, 0.05) is 96.7 Å². The van der Waals surface area contributed by atoms with Gasteiger partial charge in [-0.2, -0.15) is 0 Å². The zero-order valence-corrected chi connectivity index (χ0v) is 42.5. The average Bonchev–Trinajstić information content (AvgIpc) is 4.02. The molecule has 11 rings (SSSR count). The number of hydrogen-bond acceptors (Lipinski definition) is 12. The number of cyclic esters (lactones) is 1. The summed E-state index contributed by atoms with van der Waals surface area (Å²) in [5, 5.41) is 12.2. The van der Waals surface area contributed by atoms with Crippen molar-refractivity contribution in [2.24, 2.45) is 22.7 Å². The molecule has 5 aliphatic heterocycles. The third-order valence-electron chi connectivity index (χ3n) is 16.9. The fourth-order valence-corrected chi connectivity index (χ4v) is 13.7. The molecule has 70 heavy (non-hydrogen) atoms. The van der Waals surface area contributed by atoms with Crippen LogP contribution in [0.5, 0.6) is 0 Å². The Kier molecular flexibility index (Phi) is 12.9. The number of carbonyl (C=O) groups is 4. The van der Waals surface area contributed by atoms with Crippen LogP contribution < -0.4 is 16.1 Å². The SMILES string of the molecule is CCn1c(-c2cccnc2[C@H](C)OC)c2c3cc(ccc31)-c1csc(n1)C[C@H](NC(=O)C(C1CCCC1)N1CC[C@]3(CCN(C(=O)[C@@H]4NC4C4CC4)C3)C1)C(=O)N1CCC[C@H](N1)C(=O)OCC(C)(C)C2. The fourth-order valence-electron chi connectivity index (χ4n) is 12.9. The van der Waals surface area contributed by atoms with E-state index in [9.17, 15) is 14.4 Å². The van der Waals surface area contributed by atoms with E-state index < -0.39 is 23.5 Å². The Labute approximate surface area is 415 Å². The Balaban J connectivity index is 0.908. The van der Waals surface area contributed by atoms with Gasteiger partial charge in [0.2, 0.25) is 11.8 Å². The zero-order chi connectivity index (χ0) is 48.5. The maximum absolute atomic E-state index is 15.1. The van der Waals surface area contributed by atoms with Crippen molar-refractivity contribution in [3.8, 4) is 22.5 Å². The van der Waals surface area contributed by atoms with Crippen molar-refractivity contribution in [3.05, 3.63) is 58.2 Å². The van der Waals surface area contributed by atoms with E-state index >= 15 is 4.79 Å². The lowest BCUT2D eigenvalue weighted by Gasteiger charge is -2.37. The van der Waals surface area contributed by atoms with Crippen LogP contribution in [-0.2, 0) is 48.0 Å². The number of carbonyl (C=O) groups excluding carboxylic acids is 4. The van der Waals surface area contributed by atoms with Crippen LogP contribution >= 0.6 is 11.3 Å². The fraction of sp³-hybridized carbons (Fsp3) is 0.630. The second kappa shape index (κ2) is 19.0. The second-order valence-corrected chi connectivity index (χ2v) is 23.4. The molecule has 8 heterocycles. The molecule has 6 bridgehead atoms. The minimum atomic E-state index is -0.921. The van der Waals surface area contributed by atoms with Gasteiger partial charge in [-0.1, -0.05) is 32.8 Å². The van der Waals surface area contributed by atoms with Gasteiger partial charge in [-0.3, -0.25) is 39.4 Å². The molecule has 4 saturated heterocycles. The molecule has 1 aromatic carbocycles. The maximum Gasteiger partial charge on any atom is 0.324 e. The highest BCUT2D eigenvalue weighted by Gasteiger charge is 2.55. The lowest BCUT2D eigenvalue weighted by Crippen LogP contribution is -2.62. The largest absolute Gasteiger partial charge is 0.464 e. The Bertz CT molecular complexity index is 2660. The molecule has 3 N–H and O–H groups in total. The highest BCUT2D eigenvalue weighted by molar-refractivity contribution is 7.10. The number of benzene rings is 1. The van der Waals surface area contributed by atoms with Gasteiger partial charge < -0.3 is 24.3 Å². The number of hydrazine groups is 1. The first-order chi connectivity index (χ1) is 33.8. The number of rotatable bonds is 10. The van der Waals surface area contributed by atoms with Crippen LogP contribution in [0.1, 0.15) is 114 Å². The van der Waals surface area contributed by atoms with Crippen LogP contribution in [0.3, 0.4) is 0 Å². The van der Waals surface area contributed by atoms with Gasteiger partial charge >= 0.3 is 5.97 Å². The van der Waals surface area contributed by atoms with E-state index in [1.54, 1.807) is 7.11 Å². The van der Waals surface area contributed by atoms with E-state index in [-0.39, 0.29) is 60.3 Å².